The first-order chi connectivity index (χ1) is 9.66. The normalized spacial score (nSPS) is 18.8. The van der Waals surface area contributed by atoms with E-state index in [0.29, 0.717) is 23.5 Å². The Bertz CT molecular complexity index is 682. The highest BCUT2D eigenvalue weighted by Crippen LogP contribution is 2.32. The lowest BCUT2D eigenvalue weighted by Crippen LogP contribution is -2.50. The van der Waals surface area contributed by atoms with Gasteiger partial charge in [-0.1, -0.05) is 0 Å². The number of nitrogens with zero attached hydrogens (tertiary/aromatic N) is 1. The highest BCUT2D eigenvalue weighted by molar-refractivity contribution is 7.21. The summed E-state index contributed by atoms with van der Waals surface area (Å²) in [5, 5.41) is 6.31. The molecule has 1 aliphatic heterocycles. The molecule has 0 radical (unpaired) electrons. The van der Waals surface area contributed by atoms with Crippen LogP contribution in [0.25, 0.3) is 10.1 Å². The molecule has 3 heterocycles. The first-order valence-electron chi connectivity index (χ1n) is 6.37. The van der Waals surface area contributed by atoms with Crippen molar-refractivity contribution >= 4 is 38.9 Å². The van der Waals surface area contributed by atoms with E-state index >= 15 is 0 Å². The molecular formula is C13H14N4O2S. The Morgan fingerprint density at radius 2 is 2.40 bits per heavy atom. The molecule has 0 aromatic carbocycles. The number of pyridine rings is 1. The molecular weight excluding hydrogens is 276 g/mol. The monoisotopic (exact) mass is 290 g/mol. The fraction of sp³-hybridized carbons (Fsp3) is 0.308. The lowest BCUT2D eigenvalue weighted by Gasteiger charge is -2.22. The van der Waals surface area contributed by atoms with Gasteiger partial charge in [-0.2, -0.15) is 0 Å². The highest BCUT2D eigenvalue weighted by atomic mass is 32.1. The van der Waals surface area contributed by atoms with E-state index in [1.165, 1.54) is 11.3 Å². The van der Waals surface area contributed by atoms with Crippen LogP contribution >= 0.6 is 11.3 Å². The molecule has 2 aromatic heterocycles. The largest absolute Gasteiger partial charge is 0.397 e. The molecule has 1 unspecified atom stereocenters. The summed E-state index contributed by atoms with van der Waals surface area (Å²) in [5.74, 6) is -0.434. The molecule has 0 aliphatic carbocycles. The molecule has 6 nitrogen and oxygen atoms in total. The Morgan fingerprint density at radius 3 is 3.15 bits per heavy atom. The highest BCUT2D eigenvalue weighted by Gasteiger charge is 2.26. The molecule has 7 heteroatoms. The van der Waals surface area contributed by atoms with Crippen LogP contribution in [-0.2, 0) is 4.79 Å². The van der Waals surface area contributed by atoms with Crippen molar-refractivity contribution in [2.24, 2.45) is 0 Å². The van der Waals surface area contributed by atoms with E-state index < -0.39 is 6.04 Å². The minimum Gasteiger partial charge on any atom is -0.397 e. The van der Waals surface area contributed by atoms with Gasteiger partial charge in [0, 0.05) is 24.3 Å². The maximum atomic E-state index is 12.3. The molecule has 0 bridgehead atoms. The van der Waals surface area contributed by atoms with Crippen molar-refractivity contribution in [3.63, 3.8) is 0 Å². The van der Waals surface area contributed by atoms with Crippen molar-refractivity contribution in [2.75, 3.05) is 12.3 Å². The minimum atomic E-state index is -0.473. The summed E-state index contributed by atoms with van der Waals surface area (Å²) >= 11 is 1.29. The van der Waals surface area contributed by atoms with E-state index in [1.54, 1.807) is 18.5 Å². The molecule has 0 saturated carbocycles. The SMILES string of the molecule is Nc1c(C(=O)NC2CCCNC2=O)sc2cnccc12. The van der Waals surface area contributed by atoms with E-state index in [2.05, 4.69) is 15.6 Å². The lowest BCUT2D eigenvalue weighted by molar-refractivity contribution is -0.124. The number of hydrogen-bond acceptors (Lipinski definition) is 5. The smallest absolute Gasteiger partial charge is 0.264 e. The molecule has 1 fully saturated rings. The molecule has 1 saturated heterocycles. The summed E-state index contributed by atoms with van der Waals surface area (Å²) in [7, 11) is 0. The molecule has 1 aliphatic rings. The fourth-order valence-corrected chi connectivity index (χ4v) is 3.27. The van der Waals surface area contributed by atoms with Crippen LogP contribution in [0.4, 0.5) is 5.69 Å². The number of carbonyl (C=O) groups excluding carboxylic acids is 2. The first-order valence-corrected chi connectivity index (χ1v) is 7.19. The summed E-state index contributed by atoms with van der Waals surface area (Å²) in [6.07, 6.45) is 4.84. The van der Waals surface area contributed by atoms with Crippen molar-refractivity contribution in [3.8, 4) is 0 Å². The second kappa shape index (κ2) is 5.09. The average Bonchev–Trinajstić information content (AvgIpc) is 2.79. The van der Waals surface area contributed by atoms with Gasteiger partial charge in [0.25, 0.3) is 5.91 Å². The molecule has 4 N–H and O–H groups in total. The summed E-state index contributed by atoms with van der Waals surface area (Å²) in [4.78, 5) is 28.4. The van der Waals surface area contributed by atoms with Gasteiger partial charge in [0.05, 0.1) is 10.4 Å². The van der Waals surface area contributed by atoms with Crippen molar-refractivity contribution in [2.45, 2.75) is 18.9 Å². The Morgan fingerprint density at radius 1 is 1.55 bits per heavy atom. The van der Waals surface area contributed by atoms with E-state index in [1.807, 2.05) is 0 Å². The average molecular weight is 290 g/mol. The number of fused-ring (bicyclic) bond motifs is 1. The topological polar surface area (TPSA) is 97.1 Å². The molecule has 20 heavy (non-hydrogen) atoms. The van der Waals surface area contributed by atoms with Crippen LogP contribution in [0.2, 0.25) is 0 Å². The van der Waals surface area contributed by atoms with Crippen LogP contribution in [0.1, 0.15) is 22.5 Å². The third kappa shape index (κ3) is 2.20. The summed E-state index contributed by atoms with van der Waals surface area (Å²) in [6.45, 7) is 0.669. The van der Waals surface area contributed by atoms with E-state index in [-0.39, 0.29) is 11.8 Å². The number of aromatic nitrogens is 1. The standard InChI is InChI=1S/C13H14N4O2S/c14-10-7-3-5-15-6-9(7)20-11(10)13(19)17-8-2-1-4-16-12(8)18/h3,5-6,8H,1-2,4,14H2,(H,16,18)(H,17,19). The third-order valence-electron chi connectivity index (χ3n) is 3.33. The lowest BCUT2D eigenvalue weighted by atomic mass is 10.1. The van der Waals surface area contributed by atoms with Crippen molar-refractivity contribution < 1.29 is 9.59 Å². The second-order valence-corrected chi connectivity index (χ2v) is 5.73. The number of piperidine rings is 1. The molecule has 0 spiro atoms. The van der Waals surface area contributed by atoms with Gasteiger partial charge >= 0.3 is 0 Å². The van der Waals surface area contributed by atoms with Crippen LogP contribution < -0.4 is 16.4 Å². The maximum absolute atomic E-state index is 12.3. The van der Waals surface area contributed by atoms with Gasteiger partial charge in [0.2, 0.25) is 5.91 Å². The number of nitrogens with two attached hydrogens (primary N) is 1. The van der Waals surface area contributed by atoms with Crippen molar-refractivity contribution in [3.05, 3.63) is 23.3 Å². The maximum Gasteiger partial charge on any atom is 0.264 e. The minimum absolute atomic E-state index is 0.133. The van der Waals surface area contributed by atoms with Crippen molar-refractivity contribution in [1.82, 2.24) is 15.6 Å². The molecule has 2 amide bonds. The van der Waals surface area contributed by atoms with Crippen LogP contribution in [0.15, 0.2) is 18.5 Å². The summed E-state index contributed by atoms with van der Waals surface area (Å²) in [6, 6.07) is 1.31. The number of amides is 2. The zero-order valence-corrected chi connectivity index (χ0v) is 11.5. The summed E-state index contributed by atoms with van der Waals surface area (Å²) < 4.78 is 0.864. The van der Waals surface area contributed by atoms with Gasteiger partial charge in [-0.05, 0) is 18.9 Å². The zero-order valence-electron chi connectivity index (χ0n) is 10.7. The number of hydrogen-bond donors (Lipinski definition) is 3. The van der Waals surface area contributed by atoms with E-state index in [4.69, 9.17) is 5.73 Å². The molecule has 3 rings (SSSR count). The van der Waals surface area contributed by atoms with Crippen LogP contribution in [0.5, 0.6) is 0 Å². The van der Waals surface area contributed by atoms with E-state index in [9.17, 15) is 9.59 Å². The van der Waals surface area contributed by atoms with Crippen LogP contribution in [0.3, 0.4) is 0 Å². The number of nitrogens with one attached hydrogen (secondary N) is 2. The zero-order chi connectivity index (χ0) is 14.1. The van der Waals surface area contributed by atoms with Gasteiger partial charge in [-0.25, -0.2) is 0 Å². The Balaban J connectivity index is 1.85. The predicted molar refractivity (Wildman–Crippen MR) is 77.5 cm³/mol. The number of nitrogen functional groups attached to an aromatic ring is 1. The van der Waals surface area contributed by atoms with Crippen molar-refractivity contribution in [1.29, 1.82) is 0 Å². The van der Waals surface area contributed by atoms with Gasteiger partial charge in [-0.15, -0.1) is 11.3 Å². The van der Waals surface area contributed by atoms with Gasteiger partial charge in [0.15, 0.2) is 0 Å². The summed E-state index contributed by atoms with van der Waals surface area (Å²) in [5.41, 5.74) is 6.45. The third-order valence-corrected chi connectivity index (χ3v) is 4.48. The second-order valence-electron chi connectivity index (χ2n) is 4.68. The van der Waals surface area contributed by atoms with Crippen LogP contribution in [-0.4, -0.2) is 29.4 Å². The van der Waals surface area contributed by atoms with Gasteiger partial charge < -0.3 is 16.4 Å². The Hall–Kier alpha value is -2.15. The molecule has 1 atom stereocenters. The quantitative estimate of drug-likeness (QED) is 0.765. The Labute approximate surface area is 119 Å². The van der Waals surface area contributed by atoms with E-state index in [0.717, 1.165) is 16.5 Å². The number of thiophene rings is 1. The number of rotatable bonds is 2. The first kappa shape index (κ1) is 12.9. The Kier molecular flexibility index (Phi) is 3.27. The fourth-order valence-electron chi connectivity index (χ4n) is 2.27. The van der Waals surface area contributed by atoms with Gasteiger partial charge in [-0.3, -0.25) is 14.6 Å². The van der Waals surface area contributed by atoms with Gasteiger partial charge in [0.1, 0.15) is 10.9 Å². The number of anilines is 1. The number of carbonyl (C=O) groups is 2. The molecule has 104 valence electrons. The molecule has 2 aromatic rings. The predicted octanol–water partition coefficient (Wildman–Crippen LogP) is 0.887. The van der Waals surface area contributed by atoms with Crippen LogP contribution in [0, 0.1) is 0 Å².